The fraction of sp³-hybridized carbons (Fsp3) is 0.200. The second kappa shape index (κ2) is 2.91. The van der Waals surface area contributed by atoms with E-state index < -0.39 is 0 Å². The second-order valence-corrected chi connectivity index (χ2v) is 2.92. The van der Waals surface area contributed by atoms with E-state index in [9.17, 15) is 0 Å². The summed E-state index contributed by atoms with van der Waals surface area (Å²) in [7, 11) is 0. The van der Waals surface area contributed by atoms with E-state index in [1.54, 1.807) is 0 Å². The molecule has 0 unspecified atom stereocenters. The highest BCUT2D eigenvalue weighted by molar-refractivity contribution is 5.82. The van der Waals surface area contributed by atoms with Crippen molar-refractivity contribution in [2.45, 2.75) is 13.3 Å². The highest BCUT2D eigenvalue weighted by atomic mass is 16.5. The Morgan fingerprint density at radius 2 is 2.38 bits per heavy atom. The lowest BCUT2D eigenvalue weighted by Crippen LogP contribution is -1.80. The van der Waals surface area contributed by atoms with Crippen molar-refractivity contribution in [3.63, 3.8) is 0 Å². The zero-order valence-electron chi connectivity index (χ0n) is 7.24. The number of aromatic nitrogens is 1. The smallest absolute Gasteiger partial charge is 0.170 e. The molecule has 0 saturated carbocycles. The Bertz CT molecular complexity index is 479. The average molecular weight is 172 g/mol. The van der Waals surface area contributed by atoms with Crippen LogP contribution >= 0.6 is 0 Å². The molecule has 1 aromatic heterocycles. The largest absolute Gasteiger partial charge is 0.356 e. The van der Waals surface area contributed by atoms with Crippen molar-refractivity contribution in [3.05, 3.63) is 29.5 Å². The fourth-order valence-corrected chi connectivity index (χ4v) is 1.35. The number of hydrogen-bond acceptors (Lipinski definition) is 3. The van der Waals surface area contributed by atoms with Gasteiger partial charge in [0.2, 0.25) is 0 Å². The molecule has 1 heterocycles. The lowest BCUT2D eigenvalue weighted by molar-refractivity contribution is 0.447. The molecule has 0 N–H and O–H groups in total. The van der Waals surface area contributed by atoms with Crippen LogP contribution in [0.3, 0.4) is 0 Å². The quantitative estimate of drug-likeness (QED) is 0.662. The standard InChI is InChI=1S/C10H8N2O/c1-7-3-2-4-8-9(5-6-11)12-13-10(7)8/h2-4H,5H2,1H3. The molecule has 0 amide bonds. The molecule has 1 aromatic carbocycles. The number of rotatable bonds is 1. The third-order valence-electron chi connectivity index (χ3n) is 2.02. The fourth-order valence-electron chi connectivity index (χ4n) is 1.35. The molecule has 0 atom stereocenters. The topological polar surface area (TPSA) is 49.8 Å². The minimum Gasteiger partial charge on any atom is -0.356 e. The molecule has 3 heteroatoms. The molecule has 64 valence electrons. The van der Waals surface area contributed by atoms with Crippen molar-refractivity contribution >= 4 is 11.0 Å². The van der Waals surface area contributed by atoms with Gasteiger partial charge in [-0.15, -0.1) is 0 Å². The predicted molar refractivity (Wildman–Crippen MR) is 48.1 cm³/mol. The molecule has 0 spiro atoms. The highest BCUT2D eigenvalue weighted by Crippen LogP contribution is 2.21. The molecule has 2 aromatic rings. The van der Waals surface area contributed by atoms with Crippen LogP contribution in [0.2, 0.25) is 0 Å². The molecule has 0 saturated heterocycles. The Hall–Kier alpha value is -1.82. The zero-order chi connectivity index (χ0) is 9.26. The van der Waals surface area contributed by atoms with Crippen molar-refractivity contribution in [1.82, 2.24) is 5.16 Å². The summed E-state index contributed by atoms with van der Waals surface area (Å²) in [6.07, 6.45) is 0.302. The molecule has 0 aliphatic heterocycles. The van der Waals surface area contributed by atoms with Crippen molar-refractivity contribution in [2.75, 3.05) is 0 Å². The predicted octanol–water partition coefficient (Wildman–Crippen LogP) is 2.20. The molecule has 13 heavy (non-hydrogen) atoms. The first kappa shape index (κ1) is 7.81. The number of nitriles is 1. The summed E-state index contributed by atoms with van der Waals surface area (Å²) in [6, 6.07) is 7.88. The normalized spacial score (nSPS) is 10.2. The third-order valence-corrected chi connectivity index (χ3v) is 2.02. The van der Waals surface area contributed by atoms with E-state index in [1.165, 1.54) is 0 Å². The van der Waals surface area contributed by atoms with Crippen LogP contribution < -0.4 is 0 Å². The molecular formula is C10H8N2O. The lowest BCUT2D eigenvalue weighted by atomic mass is 10.1. The van der Waals surface area contributed by atoms with Gasteiger partial charge in [-0.3, -0.25) is 0 Å². The first-order valence-electron chi connectivity index (χ1n) is 4.04. The maximum Gasteiger partial charge on any atom is 0.170 e. The van der Waals surface area contributed by atoms with Crippen molar-refractivity contribution in [2.24, 2.45) is 0 Å². The molecule has 2 rings (SSSR count). The summed E-state index contributed by atoms with van der Waals surface area (Å²) in [6.45, 7) is 1.96. The van der Waals surface area contributed by atoms with Crippen LogP contribution in [0.1, 0.15) is 11.3 Å². The van der Waals surface area contributed by atoms with Crippen LogP contribution in [0.15, 0.2) is 22.7 Å². The Morgan fingerprint density at radius 3 is 3.15 bits per heavy atom. The van der Waals surface area contributed by atoms with E-state index in [-0.39, 0.29) is 0 Å². The molecule has 0 fully saturated rings. The van der Waals surface area contributed by atoms with Crippen LogP contribution in [0.5, 0.6) is 0 Å². The summed E-state index contributed by atoms with van der Waals surface area (Å²) in [5.74, 6) is 0. The summed E-state index contributed by atoms with van der Waals surface area (Å²) < 4.78 is 5.13. The molecular weight excluding hydrogens is 164 g/mol. The van der Waals surface area contributed by atoms with Crippen molar-refractivity contribution in [1.29, 1.82) is 5.26 Å². The number of fused-ring (bicyclic) bond motifs is 1. The van der Waals surface area contributed by atoms with Gasteiger partial charge in [-0.1, -0.05) is 17.3 Å². The lowest BCUT2D eigenvalue weighted by Gasteiger charge is -1.90. The first-order chi connectivity index (χ1) is 6.33. The Balaban J connectivity index is 2.70. The maximum absolute atomic E-state index is 8.54. The monoisotopic (exact) mass is 172 g/mol. The van der Waals surface area contributed by atoms with E-state index >= 15 is 0 Å². The number of para-hydroxylation sites is 1. The second-order valence-electron chi connectivity index (χ2n) is 2.92. The van der Waals surface area contributed by atoms with Crippen LogP contribution in [0.25, 0.3) is 11.0 Å². The van der Waals surface area contributed by atoms with Crippen LogP contribution in [0, 0.1) is 18.3 Å². The van der Waals surface area contributed by atoms with Gasteiger partial charge in [0.25, 0.3) is 0 Å². The van der Waals surface area contributed by atoms with Gasteiger partial charge in [-0.25, -0.2) is 0 Å². The Kier molecular flexibility index (Phi) is 1.75. The first-order valence-corrected chi connectivity index (χ1v) is 4.04. The van der Waals surface area contributed by atoms with Gasteiger partial charge in [0, 0.05) is 5.39 Å². The minimum atomic E-state index is 0.302. The minimum absolute atomic E-state index is 0.302. The Morgan fingerprint density at radius 1 is 1.54 bits per heavy atom. The highest BCUT2D eigenvalue weighted by Gasteiger charge is 2.08. The van der Waals surface area contributed by atoms with Gasteiger partial charge in [0.1, 0.15) is 5.69 Å². The van der Waals surface area contributed by atoms with Gasteiger partial charge in [0.05, 0.1) is 12.5 Å². The van der Waals surface area contributed by atoms with E-state index in [0.29, 0.717) is 6.42 Å². The van der Waals surface area contributed by atoms with E-state index in [1.807, 2.05) is 25.1 Å². The van der Waals surface area contributed by atoms with Gasteiger partial charge in [-0.05, 0) is 18.6 Å². The average Bonchev–Trinajstić information content (AvgIpc) is 2.51. The number of nitrogens with zero attached hydrogens (tertiary/aromatic N) is 2. The number of benzene rings is 1. The van der Waals surface area contributed by atoms with Gasteiger partial charge in [0.15, 0.2) is 5.58 Å². The van der Waals surface area contributed by atoms with Crippen molar-refractivity contribution < 1.29 is 4.52 Å². The molecule has 0 bridgehead atoms. The van der Waals surface area contributed by atoms with E-state index in [0.717, 1.165) is 22.2 Å². The SMILES string of the molecule is Cc1cccc2c(CC#N)noc12. The van der Waals surface area contributed by atoms with Gasteiger partial charge in [-0.2, -0.15) is 5.26 Å². The summed E-state index contributed by atoms with van der Waals surface area (Å²) in [5.41, 5.74) is 2.56. The number of hydrogen-bond donors (Lipinski definition) is 0. The molecule has 0 aliphatic carbocycles. The summed E-state index contributed by atoms with van der Waals surface area (Å²) >= 11 is 0. The van der Waals surface area contributed by atoms with Gasteiger partial charge >= 0.3 is 0 Å². The zero-order valence-corrected chi connectivity index (χ0v) is 7.24. The van der Waals surface area contributed by atoms with E-state index in [2.05, 4.69) is 11.2 Å². The Labute approximate surface area is 75.6 Å². The maximum atomic E-state index is 8.54. The molecule has 3 nitrogen and oxygen atoms in total. The van der Waals surface area contributed by atoms with Crippen LogP contribution in [0.4, 0.5) is 0 Å². The molecule has 0 aliphatic rings. The number of aryl methyl sites for hydroxylation is 1. The van der Waals surface area contributed by atoms with Gasteiger partial charge < -0.3 is 4.52 Å². The van der Waals surface area contributed by atoms with Crippen LogP contribution in [-0.2, 0) is 6.42 Å². The summed E-state index contributed by atoms with van der Waals surface area (Å²) in [5, 5.41) is 13.3. The summed E-state index contributed by atoms with van der Waals surface area (Å²) in [4.78, 5) is 0. The third kappa shape index (κ3) is 1.17. The molecule has 0 radical (unpaired) electrons. The van der Waals surface area contributed by atoms with E-state index in [4.69, 9.17) is 9.78 Å². The van der Waals surface area contributed by atoms with Crippen molar-refractivity contribution in [3.8, 4) is 6.07 Å². The van der Waals surface area contributed by atoms with Crippen LogP contribution in [-0.4, -0.2) is 5.16 Å².